The van der Waals surface area contributed by atoms with Crippen LogP contribution in [0.5, 0.6) is 0 Å². The van der Waals surface area contributed by atoms with Gasteiger partial charge in [0.1, 0.15) is 17.0 Å². The van der Waals surface area contributed by atoms with Gasteiger partial charge in [0.15, 0.2) is 0 Å². The second kappa shape index (κ2) is 6.10. The van der Waals surface area contributed by atoms with Crippen LogP contribution >= 0.6 is 0 Å². The predicted molar refractivity (Wildman–Crippen MR) is 73.3 cm³/mol. The van der Waals surface area contributed by atoms with E-state index in [1.54, 1.807) is 17.7 Å². The first-order chi connectivity index (χ1) is 9.54. The summed E-state index contributed by atoms with van der Waals surface area (Å²) >= 11 is 0. The molecule has 0 fully saturated rings. The zero-order chi connectivity index (χ0) is 14.6. The summed E-state index contributed by atoms with van der Waals surface area (Å²) in [6, 6.07) is 2.62. The van der Waals surface area contributed by atoms with Crippen LogP contribution in [0.3, 0.4) is 0 Å². The summed E-state index contributed by atoms with van der Waals surface area (Å²) in [5, 5.41) is 4.09. The summed E-state index contributed by atoms with van der Waals surface area (Å²) in [5.74, 6) is 0.597. The molecule has 0 saturated carbocycles. The number of sulfonamides is 1. The molecule has 0 bridgehead atoms. The average molecular weight is 295 g/mol. The van der Waals surface area contributed by atoms with Gasteiger partial charge in [-0.3, -0.25) is 4.98 Å². The normalized spacial score (nSPS) is 13.3. The zero-order valence-electron chi connectivity index (χ0n) is 11.4. The van der Waals surface area contributed by atoms with E-state index >= 15 is 0 Å². The van der Waals surface area contributed by atoms with E-state index in [0.717, 1.165) is 6.42 Å². The van der Waals surface area contributed by atoms with Gasteiger partial charge in [0.2, 0.25) is 10.0 Å². The van der Waals surface area contributed by atoms with E-state index in [0.29, 0.717) is 12.4 Å². The molecule has 0 aromatic carbocycles. The van der Waals surface area contributed by atoms with Gasteiger partial charge in [-0.25, -0.2) is 22.8 Å². The van der Waals surface area contributed by atoms with Gasteiger partial charge < -0.3 is 0 Å². The molecule has 0 radical (unpaired) electrons. The Bertz CT molecular complexity index is 653. The van der Waals surface area contributed by atoms with Crippen molar-refractivity contribution >= 4 is 10.0 Å². The SMILES string of the molecule is CCCn1ncnc1C(C)NS(=O)(=O)c1cccnc1. The predicted octanol–water partition coefficient (Wildman–Crippen LogP) is 1.12. The molecule has 0 spiro atoms. The van der Waals surface area contributed by atoms with Crippen LogP contribution in [0.15, 0.2) is 35.7 Å². The molecule has 2 heterocycles. The molecule has 0 saturated heterocycles. The number of pyridine rings is 1. The molecule has 108 valence electrons. The molecular weight excluding hydrogens is 278 g/mol. The molecule has 2 aromatic heterocycles. The fourth-order valence-electron chi connectivity index (χ4n) is 1.85. The second-order valence-corrected chi connectivity index (χ2v) is 6.09. The molecule has 2 rings (SSSR count). The lowest BCUT2D eigenvalue weighted by Gasteiger charge is -2.14. The molecule has 7 nitrogen and oxygen atoms in total. The molecule has 2 aromatic rings. The van der Waals surface area contributed by atoms with Crippen molar-refractivity contribution in [3.63, 3.8) is 0 Å². The molecule has 0 aliphatic heterocycles. The largest absolute Gasteiger partial charge is 0.263 e. The maximum Gasteiger partial charge on any atom is 0.242 e. The van der Waals surface area contributed by atoms with Gasteiger partial charge in [0, 0.05) is 18.9 Å². The Morgan fingerprint density at radius 3 is 2.90 bits per heavy atom. The number of aryl methyl sites for hydroxylation is 1. The summed E-state index contributed by atoms with van der Waals surface area (Å²) in [5.41, 5.74) is 0. The fraction of sp³-hybridized carbons (Fsp3) is 0.417. The Balaban J connectivity index is 2.19. The molecule has 0 aliphatic carbocycles. The second-order valence-electron chi connectivity index (χ2n) is 4.37. The first kappa shape index (κ1) is 14.6. The lowest BCUT2D eigenvalue weighted by Crippen LogP contribution is -2.29. The first-order valence-corrected chi connectivity index (χ1v) is 7.83. The van der Waals surface area contributed by atoms with Gasteiger partial charge in [-0.1, -0.05) is 6.92 Å². The summed E-state index contributed by atoms with van der Waals surface area (Å²) < 4.78 is 28.7. The highest BCUT2D eigenvalue weighted by Gasteiger charge is 2.21. The average Bonchev–Trinajstić information content (AvgIpc) is 2.88. The van der Waals surface area contributed by atoms with Crippen molar-refractivity contribution in [1.82, 2.24) is 24.5 Å². The maximum atomic E-state index is 12.2. The molecule has 1 unspecified atom stereocenters. The molecule has 8 heteroatoms. The van der Waals surface area contributed by atoms with Gasteiger partial charge in [-0.05, 0) is 25.5 Å². The molecule has 0 aliphatic rings. The monoisotopic (exact) mass is 295 g/mol. The van der Waals surface area contributed by atoms with Crippen molar-refractivity contribution in [3.05, 3.63) is 36.7 Å². The van der Waals surface area contributed by atoms with Crippen molar-refractivity contribution in [2.45, 2.75) is 37.8 Å². The Morgan fingerprint density at radius 2 is 2.25 bits per heavy atom. The zero-order valence-corrected chi connectivity index (χ0v) is 12.2. The third-order valence-corrected chi connectivity index (χ3v) is 4.27. The molecule has 0 amide bonds. The maximum absolute atomic E-state index is 12.2. The molecule has 20 heavy (non-hydrogen) atoms. The minimum Gasteiger partial charge on any atom is -0.263 e. The van der Waals surface area contributed by atoms with Crippen LogP contribution in [0, 0.1) is 0 Å². The Morgan fingerprint density at radius 1 is 1.45 bits per heavy atom. The van der Waals surface area contributed by atoms with Gasteiger partial charge in [0.05, 0.1) is 6.04 Å². The van der Waals surface area contributed by atoms with E-state index in [-0.39, 0.29) is 4.90 Å². The van der Waals surface area contributed by atoms with E-state index in [4.69, 9.17) is 0 Å². The first-order valence-electron chi connectivity index (χ1n) is 6.34. The van der Waals surface area contributed by atoms with Crippen LogP contribution in [0.1, 0.15) is 32.1 Å². The van der Waals surface area contributed by atoms with Crippen LogP contribution in [-0.4, -0.2) is 28.2 Å². The summed E-state index contributed by atoms with van der Waals surface area (Å²) in [6.07, 6.45) is 5.17. The topological polar surface area (TPSA) is 89.8 Å². The number of hydrogen-bond donors (Lipinski definition) is 1. The van der Waals surface area contributed by atoms with Crippen molar-refractivity contribution in [1.29, 1.82) is 0 Å². The standard InChI is InChI=1S/C12H17N5O2S/c1-3-7-17-12(14-9-15-17)10(2)16-20(18,19)11-5-4-6-13-8-11/h4-6,8-10,16H,3,7H2,1-2H3. The Kier molecular flexibility index (Phi) is 4.46. The van der Waals surface area contributed by atoms with E-state index < -0.39 is 16.1 Å². The summed E-state index contributed by atoms with van der Waals surface area (Å²) in [6.45, 7) is 4.47. The van der Waals surface area contributed by atoms with Crippen molar-refractivity contribution in [3.8, 4) is 0 Å². The lowest BCUT2D eigenvalue weighted by atomic mass is 10.3. The summed E-state index contributed by atoms with van der Waals surface area (Å²) in [4.78, 5) is 8.07. The molecule has 1 N–H and O–H groups in total. The van der Waals surface area contributed by atoms with Crippen LogP contribution < -0.4 is 4.72 Å². The van der Waals surface area contributed by atoms with Gasteiger partial charge in [-0.2, -0.15) is 5.10 Å². The molecular formula is C12H17N5O2S. The van der Waals surface area contributed by atoms with Crippen LogP contribution in [0.2, 0.25) is 0 Å². The van der Waals surface area contributed by atoms with Crippen LogP contribution in [-0.2, 0) is 16.6 Å². The van der Waals surface area contributed by atoms with Gasteiger partial charge >= 0.3 is 0 Å². The molecule has 1 atom stereocenters. The highest BCUT2D eigenvalue weighted by Crippen LogP contribution is 2.14. The highest BCUT2D eigenvalue weighted by molar-refractivity contribution is 7.89. The smallest absolute Gasteiger partial charge is 0.242 e. The lowest BCUT2D eigenvalue weighted by molar-refractivity contribution is 0.515. The van der Waals surface area contributed by atoms with E-state index in [1.807, 2.05) is 6.92 Å². The summed E-state index contributed by atoms with van der Waals surface area (Å²) in [7, 11) is -3.61. The minimum absolute atomic E-state index is 0.133. The third kappa shape index (κ3) is 3.20. The number of hydrogen-bond acceptors (Lipinski definition) is 5. The van der Waals surface area contributed by atoms with Crippen LogP contribution in [0.25, 0.3) is 0 Å². The van der Waals surface area contributed by atoms with Crippen LogP contribution in [0.4, 0.5) is 0 Å². The number of rotatable bonds is 6. The Labute approximate surface area is 118 Å². The van der Waals surface area contributed by atoms with Gasteiger partial charge in [0.25, 0.3) is 0 Å². The van der Waals surface area contributed by atoms with E-state index in [1.165, 1.54) is 24.8 Å². The van der Waals surface area contributed by atoms with Gasteiger partial charge in [-0.15, -0.1) is 0 Å². The number of aromatic nitrogens is 4. The van der Waals surface area contributed by atoms with Crippen molar-refractivity contribution in [2.75, 3.05) is 0 Å². The number of nitrogens with one attached hydrogen (secondary N) is 1. The van der Waals surface area contributed by atoms with E-state index in [9.17, 15) is 8.42 Å². The van der Waals surface area contributed by atoms with Crippen molar-refractivity contribution < 1.29 is 8.42 Å². The van der Waals surface area contributed by atoms with Crippen molar-refractivity contribution in [2.24, 2.45) is 0 Å². The van der Waals surface area contributed by atoms with E-state index in [2.05, 4.69) is 19.8 Å². The quantitative estimate of drug-likeness (QED) is 0.862. The fourth-order valence-corrected chi connectivity index (χ4v) is 3.02. The third-order valence-electron chi connectivity index (χ3n) is 2.74. The highest BCUT2D eigenvalue weighted by atomic mass is 32.2. The minimum atomic E-state index is -3.61. The Hall–Kier alpha value is -1.80. The number of nitrogens with zero attached hydrogens (tertiary/aromatic N) is 4.